The van der Waals surface area contributed by atoms with E-state index < -0.39 is 0 Å². The van der Waals surface area contributed by atoms with Gasteiger partial charge in [0, 0.05) is 12.0 Å². The van der Waals surface area contributed by atoms with Crippen LogP contribution in [-0.2, 0) is 11.8 Å². The maximum atomic E-state index is 13.0. The molecule has 2 aromatic carbocycles. The van der Waals surface area contributed by atoms with Crippen LogP contribution in [-0.4, -0.2) is 16.1 Å². The van der Waals surface area contributed by atoms with Crippen LogP contribution in [0.1, 0.15) is 47.3 Å². The van der Waals surface area contributed by atoms with Gasteiger partial charge in [0.25, 0.3) is 5.91 Å². The minimum Gasteiger partial charge on any atom is -0.296 e. The lowest BCUT2D eigenvalue weighted by Crippen LogP contribution is -2.14. The molecular weight excluding hydrogens is 349 g/mol. The number of benzene rings is 2. The maximum Gasteiger partial charge on any atom is 0.257 e. The Morgan fingerprint density at radius 2 is 1.69 bits per heavy atom. The first kappa shape index (κ1) is 18.2. The average Bonchev–Trinajstić information content (AvgIpc) is 3.03. The summed E-state index contributed by atoms with van der Waals surface area (Å²) in [6.45, 7) is 6.39. The van der Waals surface area contributed by atoms with Gasteiger partial charge in [-0.25, -0.2) is 4.39 Å². The molecule has 3 aromatic rings. The number of carbonyl (C=O) groups excluding carboxylic acids is 1. The third kappa shape index (κ3) is 4.52. The zero-order valence-electron chi connectivity index (χ0n) is 14.9. The van der Waals surface area contributed by atoms with E-state index >= 15 is 0 Å². The van der Waals surface area contributed by atoms with E-state index in [1.807, 2.05) is 24.3 Å². The van der Waals surface area contributed by atoms with Crippen LogP contribution in [0.15, 0.2) is 48.5 Å². The molecule has 0 fully saturated rings. The van der Waals surface area contributed by atoms with Gasteiger partial charge < -0.3 is 0 Å². The van der Waals surface area contributed by atoms with E-state index in [0.717, 1.165) is 10.6 Å². The fraction of sp³-hybridized carbons (Fsp3) is 0.250. The van der Waals surface area contributed by atoms with Gasteiger partial charge in [-0.3, -0.25) is 10.1 Å². The van der Waals surface area contributed by atoms with Crippen molar-refractivity contribution in [3.63, 3.8) is 0 Å². The zero-order valence-corrected chi connectivity index (χ0v) is 15.7. The number of rotatable bonds is 4. The highest BCUT2D eigenvalue weighted by atomic mass is 32.1. The minimum atomic E-state index is -0.267. The summed E-state index contributed by atoms with van der Waals surface area (Å²) in [5, 5.41) is 12.1. The predicted molar refractivity (Wildman–Crippen MR) is 102 cm³/mol. The second kappa shape index (κ2) is 7.33. The lowest BCUT2D eigenvalue weighted by Gasteiger charge is -2.18. The van der Waals surface area contributed by atoms with E-state index in [1.54, 1.807) is 12.1 Å². The van der Waals surface area contributed by atoms with E-state index in [2.05, 4.69) is 36.3 Å². The number of aromatic nitrogens is 2. The molecule has 0 aliphatic rings. The van der Waals surface area contributed by atoms with E-state index in [9.17, 15) is 9.18 Å². The largest absolute Gasteiger partial charge is 0.296 e. The standard InChI is InChI=1S/C20H20FN3OS/c1-20(2,3)15-8-6-14(7-9-15)18(25)22-19-24-23-17(26-19)12-13-4-10-16(21)11-5-13/h4-11H,12H2,1-3H3,(H,22,24,25). The number of halogens is 1. The molecule has 0 radical (unpaired) electrons. The molecule has 6 heteroatoms. The van der Waals surface area contributed by atoms with Crippen molar-refractivity contribution in [1.29, 1.82) is 0 Å². The summed E-state index contributed by atoms with van der Waals surface area (Å²) in [6, 6.07) is 13.8. The number of hydrogen-bond donors (Lipinski definition) is 1. The van der Waals surface area contributed by atoms with Crippen molar-refractivity contribution >= 4 is 22.4 Å². The predicted octanol–water partition coefficient (Wildman–Crippen LogP) is 4.82. The van der Waals surface area contributed by atoms with Gasteiger partial charge in [-0.1, -0.05) is 56.4 Å². The molecule has 1 aromatic heterocycles. The first-order valence-corrected chi connectivity index (χ1v) is 9.11. The van der Waals surface area contributed by atoms with Crippen molar-refractivity contribution in [2.75, 3.05) is 5.32 Å². The molecule has 0 atom stereocenters. The van der Waals surface area contributed by atoms with E-state index in [4.69, 9.17) is 0 Å². The summed E-state index contributed by atoms with van der Waals surface area (Å²) in [4.78, 5) is 12.4. The molecule has 4 nitrogen and oxygen atoms in total. The summed E-state index contributed by atoms with van der Waals surface area (Å²) in [6.07, 6.45) is 0.550. The molecule has 1 amide bonds. The molecule has 0 aliphatic heterocycles. The van der Waals surface area contributed by atoms with E-state index in [0.29, 0.717) is 17.1 Å². The third-order valence-corrected chi connectivity index (χ3v) is 4.81. The number of nitrogens with zero attached hydrogens (tertiary/aromatic N) is 2. The second-order valence-electron chi connectivity index (χ2n) is 7.09. The lowest BCUT2D eigenvalue weighted by atomic mass is 9.87. The van der Waals surface area contributed by atoms with Crippen LogP contribution in [0, 0.1) is 5.82 Å². The monoisotopic (exact) mass is 369 g/mol. The summed E-state index contributed by atoms with van der Waals surface area (Å²) in [5.41, 5.74) is 2.74. The highest BCUT2D eigenvalue weighted by Crippen LogP contribution is 2.23. The van der Waals surface area contributed by atoms with Gasteiger partial charge in [0.1, 0.15) is 10.8 Å². The molecule has 0 aliphatic carbocycles. The Hall–Kier alpha value is -2.60. The molecule has 0 saturated carbocycles. The lowest BCUT2D eigenvalue weighted by molar-refractivity contribution is 0.102. The molecule has 3 rings (SSSR count). The maximum absolute atomic E-state index is 13.0. The zero-order chi connectivity index (χ0) is 18.7. The molecule has 0 unspecified atom stereocenters. The molecular formula is C20H20FN3OS. The Labute approximate surface area is 156 Å². The van der Waals surface area contributed by atoms with Gasteiger partial charge in [-0.2, -0.15) is 0 Å². The van der Waals surface area contributed by atoms with Gasteiger partial charge in [0.15, 0.2) is 0 Å². The smallest absolute Gasteiger partial charge is 0.257 e. The Balaban J connectivity index is 1.65. The van der Waals surface area contributed by atoms with Gasteiger partial charge >= 0.3 is 0 Å². The highest BCUT2D eigenvalue weighted by molar-refractivity contribution is 7.15. The van der Waals surface area contributed by atoms with Gasteiger partial charge in [-0.05, 0) is 40.8 Å². The second-order valence-corrected chi connectivity index (χ2v) is 8.15. The highest BCUT2D eigenvalue weighted by Gasteiger charge is 2.15. The summed E-state index contributed by atoms with van der Waals surface area (Å²) in [5.74, 6) is -0.480. The Kier molecular flexibility index (Phi) is 5.13. The van der Waals surface area contributed by atoms with Crippen molar-refractivity contribution in [3.8, 4) is 0 Å². The molecule has 1 N–H and O–H groups in total. The molecule has 1 heterocycles. The fourth-order valence-electron chi connectivity index (χ4n) is 2.44. The first-order chi connectivity index (χ1) is 12.3. The Bertz CT molecular complexity index is 896. The van der Waals surface area contributed by atoms with Gasteiger partial charge in [-0.15, -0.1) is 10.2 Å². The van der Waals surface area contributed by atoms with Gasteiger partial charge in [0.2, 0.25) is 5.13 Å². The van der Waals surface area contributed by atoms with Crippen LogP contribution in [0.3, 0.4) is 0 Å². The fourth-order valence-corrected chi connectivity index (χ4v) is 3.21. The first-order valence-electron chi connectivity index (χ1n) is 8.30. The number of carbonyl (C=O) groups is 1. The molecule has 0 saturated heterocycles. The normalized spacial score (nSPS) is 11.4. The SMILES string of the molecule is CC(C)(C)c1ccc(C(=O)Nc2nnc(Cc3ccc(F)cc3)s2)cc1. The van der Waals surface area contributed by atoms with Gasteiger partial charge in [0.05, 0.1) is 0 Å². The molecule has 134 valence electrons. The van der Waals surface area contributed by atoms with Crippen molar-refractivity contribution in [2.45, 2.75) is 32.6 Å². The van der Waals surface area contributed by atoms with Crippen LogP contribution >= 0.6 is 11.3 Å². The van der Waals surface area contributed by atoms with Crippen molar-refractivity contribution in [2.24, 2.45) is 0 Å². The summed E-state index contributed by atoms with van der Waals surface area (Å²) >= 11 is 1.31. The summed E-state index contributed by atoms with van der Waals surface area (Å²) in [7, 11) is 0. The van der Waals surface area contributed by atoms with Crippen molar-refractivity contribution in [1.82, 2.24) is 10.2 Å². The number of hydrogen-bond acceptors (Lipinski definition) is 4. The molecule has 0 bridgehead atoms. The topological polar surface area (TPSA) is 54.9 Å². The number of anilines is 1. The molecule has 0 spiro atoms. The van der Waals surface area contributed by atoms with Crippen LogP contribution in [0.5, 0.6) is 0 Å². The van der Waals surface area contributed by atoms with Crippen molar-refractivity contribution < 1.29 is 9.18 Å². The Morgan fingerprint density at radius 3 is 2.31 bits per heavy atom. The third-order valence-electron chi connectivity index (χ3n) is 3.97. The van der Waals surface area contributed by atoms with E-state index in [1.165, 1.54) is 29.0 Å². The molecule has 26 heavy (non-hydrogen) atoms. The van der Waals surface area contributed by atoms with E-state index in [-0.39, 0.29) is 17.1 Å². The van der Waals surface area contributed by atoms with Crippen molar-refractivity contribution in [3.05, 3.63) is 76.0 Å². The van der Waals surface area contributed by atoms with Crippen LogP contribution in [0.4, 0.5) is 9.52 Å². The van der Waals surface area contributed by atoms with Crippen LogP contribution in [0.2, 0.25) is 0 Å². The van der Waals surface area contributed by atoms with Crippen LogP contribution < -0.4 is 5.32 Å². The Morgan fingerprint density at radius 1 is 1.04 bits per heavy atom. The van der Waals surface area contributed by atoms with Crippen LogP contribution in [0.25, 0.3) is 0 Å². The number of nitrogens with one attached hydrogen (secondary N) is 1. The average molecular weight is 369 g/mol. The summed E-state index contributed by atoms with van der Waals surface area (Å²) < 4.78 is 13.0. The minimum absolute atomic E-state index is 0.0451. The quantitative estimate of drug-likeness (QED) is 0.717. The number of amides is 1.